The number of amides is 2. The SMILES string of the molecule is COc1ccc(COC(=O)C2=C(CN3CCN(c4nc(=O)c5cc(C(F)(F)F)cc([N+](=O)[O-])c5s4)CC3)CS[C@@H]3[C@H](NC(=O)Cc4ccccc4)C(=O)N23)cc1. The number of alkyl halides is 3. The number of carbonyl (C=O) groups excluding carboxylic acids is 3. The van der Waals surface area contributed by atoms with Crippen LogP contribution in [0.25, 0.3) is 10.1 Å². The van der Waals surface area contributed by atoms with Crippen molar-refractivity contribution in [2.45, 2.75) is 30.6 Å². The van der Waals surface area contributed by atoms with Gasteiger partial charge in [-0.15, -0.1) is 11.8 Å². The van der Waals surface area contributed by atoms with Gasteiger partial charge < -0.3 is 19.7 Å². The molecule has 4 heterocycles. The zero-order valence-corrected chi connectivity index (χ0v) is 31.2. The van der Waals surface area contributed by atoms with Gasteiger partial charge in [-0.05, 0) is 34.9 Å². The lowest BCUT2D eigenvalue weighted by atomic mass is 10.0. The Hall–Kier alpha value is -5.53. The lowest BCUT2D eigenvalue weighted by molar-refractivity contribution is -0.383. The summed E-state index contributed by atoms with van der Waals surface area (Å²) < 4.78 is 51.0. The highest BCUT2D eigenvalue weighted by Gasteiger charge is 2.54. The number of ether oxygens (including phenoxy) is 2. The smallest absolute Gasteiger partial charge is 0.416 e. The van der Waals surface area contributed by atoms with E-state index in [1.807, 2.05) is 35.2 Å². The molecule has 0 bridgehead atoms. The molecular weight excluding hydrogens is 778 g/mol. The minimum absolute atomic E-state index is 0.0628. The van der Waals surface area contributed by atoms with Crippen LogP contribution in [0, 0.1) is 10.1 Å². The van der Waals surface area contributed by atoms with E-state index in [9.17, 15) is 42.5 Å². The van der Waals surface area contributed by atoms with Crippen molar-refractivity contribution in [2.75, 3.05) is 50.5 Å². The molecule has 0 aliphatic carbocycles. The zero-order valence-electron chi connectivity index (χ0n) is 29.6. The highest BCUT2D eigenvalue weighted by Crippen LogP contribution is 2.42. The number of hydrogen-bond donors (Lipinski definition) is 1. The number of anilines is 1. The molecule has 3 aliphatic rings. The molecule has 0 saturated carbocycles. The van der Waals surface area contributed by atoms with Crippen molar-refractivity contribution in [3.8, 4) is 5.75 Å². The largest absolute Gasteiger partial charge is 0.497 e. The number of hydrogen-bond acceptors (Lipinski definition) is 13. The first-order valence-corrected chi connectivity index (χ1v) is 19.1. The molecule has 2 amide bonds. The summed E-state index contributed by atoms with van der Waals surface area (Å²) in [5.74, 6) is -0.448. The molecule has 14 nitrogen and oxygen atoms in total. The molecule has 2 atom stereocenters. The van der Waals surface area contributed by atoms with Gasteiger partial charge in [0, 0.05) is 44.5 Å². The molecule has 2 fully saturated rings. The van der Waals surface area contributed by atoms with Crippen molar-refractivity contribution in [1.82, 2.24) is 20.1 Å². The van der Waals surface area contributed by atoms with Gasteiger partial charge in [0.1, 0.15) is 34.2 Å². The number of nitrogens with zero attached hydrogens (tertiary/aromatic N) is 5. The maximum atomic E-state index is 13.8. The molecule has 56 heavy (non-hydrogen) atoms. The van der Waals surface area contributed by atoms with Crippen LogP contribution in [0.15, 0.2) is 82.8 Å². The van der Waals surface area contributed by atoms with Crippen molar-refractivity contribution in [1.29, 1.82) is 0 Å². The van der Waals surface area contributed by atoms with Gasteiger partial charge in [0.2, 0.25) is 5.91 Å². The second-order valence-corrected chi connectivity index (χ2v) is 15.3. The minimum Gasteiger partial charge on any atom is -0.497 e. The normalized spacial score (nSPS) is 18.7. The lowest BCUT2D eigenvalue weighted by Gasteiger charge is -2.50. The Balaban J connectivity index is 1.08. The van der Waals surface area contributed by atoms with Gasteiger partial charge in [-0.25, -0.2) is 4.79 Å². The number of halogens is 3. The third-order valence-electron chi connectivity index (χ3n) is 9.57. The van der Waals surface area contributed by atoms with E-state index in [1.54, 1.807) is 29.2 Å². The molecule has 3 aliphatic heterocycles. The molecule has 292 valence electrons. The fraction of sp³-hybridized carbons (Fsp3) is 0.324. The molecule has 3 aromatic carbocycles. The molecule has 2 saturated heterocycles. The summed E-state index contributed by atoms with van der Waals surface area (Å²) in [4.78, 5) is 73.2. The van der Waals surface area contributed by atoms with Crippen molar-refractivity contribution in [3.63, 3.8) is 0 Å². The quantitative estimate of drug-likeness (QED) is 0.0988. The van der Waals surface area contributed by atoms with Crippen LogP contribution >= 0.6 is 23.1 Å². The van der Waals surface area contributed by atoms with Crippen LogP contribution < -0.4 is 20.5 Å². The van der Waals surface area contributed by atoms with E-state index in [1.165, 1.54) is 23.8 Å². The maximum Gasteiger partial charge on any atom is 0.416 e. The average molecular weight is 811 g/mol. The molecule has 19 heteroatoms. The Bertz CT molecular complexity index is 2280. The predicted molar refractivity (Wildman–Crippen MR) is 201 cm³/mol. The first-order chi connectivity index (χ1) is 26.8. The van der Waals surface area contributed by atoms with E-state index >= 15 is 0 Å². The molecule has 0 unspecified atom stereocenters. The number of nitro benzene ring substituents is 1. The second-order valence-electron chi connectivity index (χ2n) is 13.2. The Morgan fingerprint density at radius 2 is 1.73 bits per heavy atom. The number of methoxy groups -OCH3 is 1. The van der Waals surface area contributed by atoms with Crippen molar-refractivity contribution >= 4 is 61.8 Å². The summed E-state index contributed by atoms with van der Waals surface area (Å²) >= 11 is 2.19. The summed E-state index contributed by atoms with van der Waals surface area (Å²) in [6, 6.07) is 16.3. The molecular formula is C37H33F3N6O8S2. The maximum absolute atomic E-state index is 13.8. The molecule has 0 radical (unpaired) electrons. The minimum atomic E-state index is -4.89. The van der Waals surface area contributed by atoms with E-state index in [4.69, 9.17) is 9.47 Å². The van der Waals surface area contributed by atoms with Gasteiger partial charge in [-0.1, -0.05) is 53.8 Å². The predicted octanol–water partition coefficient (Wildman–Crippen LogP) is 4.35. The van der Waals surface area contributed by atoms with Crippen LogP contribution in [0.4, 0.5) is 24.0 Å². The fourth-order valence-corrected chi connectivity index (χ4v) is 9.13. The third-order valence-corrected chi connectivity index (χ3v) is 12.1. The standard InChI is InChI=1S/C37H33F3N6O8S2/c1-53-25-9-7-22(8-10-25)19-54-35(50)30-23(20-55-34-29(33(49)45(30)34)41-28(47)15-21-5-3-2-4-6-21)18-43-11-13-44(14-12-43)36-42-32(48)26-16-24(37(38,39)40)17-27(46(51)52)31(26)56-36/h2-10,16-17,29,34H,11-15,18-20H2,1H3,(H,41,47)/t29-,34-/m1/s1. The summed E-state index contributed by atoms with van der Waals surface area (Å²) in [7, 11) is 1.54. The van der Waals surface area contributed by atoms with Gasteiger partial charge in [-0.3, -0.25) is 34.3 Å². The number of nitrogens with one attached hydrogen (secondary N) is 1. The van der Waals surface area contributed by atoms with Crippen LogP contribution in [-0.2, 0) is 38.3 Å². The van der Waals surface area contributed by atoms with E-state index < -0.39 is 56.6 Å². The number of non-ortho nitro benzene ring substituents is 1. The summed E-state index contributed by atoms with van der Waals surface area (Å²) in [5.41, 5.74) is -0.884. The Kier molecular flexibility index (Phi) is 11.0. The number of fused-ring (bicyclic) bond motifs is 2. The molecule has 7 rings (SSSR count). The van der Waals surface area contributed by atoms with Crippen LogP contribution in [0.1, 0.15) is 16.7 Å². The highest BCUT2D eigenvalue weighted by atomic mass is 32.2. The van der Waals surface area contributed by atoms with E-state index in [0.29, 0.717) is 61.0 Å². The summed E-state index contributed by atoms with van der Waals surface area (Å²) in [6.07, 6.45) is -4.80. The number of piperazine rings is 1. The van der Waals surface area contributed by atoms with Gasteiger partial charge in [0.25, 0.3) is 17.2 Å². The van der Waals surface area contributed by atoms with Gasteiger partial charge in [0.15, 0.2) is 5.13 Å². The van der Waals surface area contributed by atoms with Crippen LogP contribution in [0.2, 0.25) is 0 Å². The lowest BCUT2D eigenvalue weighted by Crippen LogP contribution is -2.71. The Morgan fingerprint density at radius 3 is 2.39 bits per heavy atom. The zero-order chi connectivity index (χ0) is 39.7. The average Bonchev–Trinajstić information content (AvgIpc) is 3.18. The van der Waals surface area contributed by atoms with Crippen molar-refractivity contribution in [2.24, 2.45) is 0 Å². The molecule has 0 spiro atoms. The fourth-order valence-electron chi connectivity index (χ4n) is 6.68. The van der Waals surface area contributed by atoms with Crippen molar-refractivity contribution in [3.05, 3.63) is 115 Å². The topological polar surface area (TPSA) is 165 Å². The van der Waals surface area contributed by atoms with Crippen molar-refractivity contribution < 1.29 is 42.0 Å². The third kappa shape index (κ3) is 8.05. The number of esters is 1. The number of thioether (sulfide) groups is 1. The number of benzene rings is 3. The van der Waals surface area contributed by atoms with E-state index in [-0.39, 0.29) is 41.0 Å². The van der Waals surface area contributed by atoms with Gasteiger partial charge in [0.05, 0.1) is 29.4 Å². The first-order valence-electron chi connectivity index (χ1n) is 17.3. The first kappa shape index (κ1) is 38.7. The van der Waals surface area contributed by atoms with Crippen LogP contribution in [0.5, 0.6) is 5.75 Å². The molecule has 1 aromatic heterocycles. The summed E-state index contributed by atoms with van der Waals surface area (Å²) in [5, 5.41) is 13.7. The highest BCUT2D eigenvalue weighted by molar-refractivity contribution is 8.00. The Labute approximate surface area is 325 Å². The second kappa shape index (κ2) is 15.9. The van der Waals surface area contributed by atoms with Crippen LogP contribution in [-0.4, -0.2) is 94.5 Å². The number of nitro groups is 1. The number of carbonyl (C=O) groups is 3. The number of aromatic nitrogens is 1. The molecule has 1 N–H and O–H groups in total. The molecule has 4 aromatic rings. The number of β-lactam (4-membered cyclic amide) rings is 1. The van der Waals surface area contributed by atoms with Gasteiger partial charge >= 0.3 is 12.1 Å². The van der Waals surface area contributed by atoms with E-state index in [2.05, 4.69) is 10.3 Å². The summed E-state index contributed by atoms with van der Waals surface area (Å²) in [6.45, 7) is 1.62. The monoisotopic (exact) mass is 810 g/mol. The number of rotatable bonds is 11. The van der Waals surface area contributed by atoms with Gasteiger partial charge in [-0.2, -0.15) is 18.2 Å². The van der Waals surface area contributed by atoms with Crippen LogP contribution in [0.3, 0.4) is 0 Å². The Morgan fingerprint density at radius 1 is 1.02 bits per heavy atom. The van der Waals surface area contributed by atoms with E-state index in [0.717, 1.165) is 16.9 Å².